The first-order valence-corrected chi connectivity index (χ1v) is 6.45. The third kappa shape index (κ3) is 2.47. The largest absolute Gasteiger partial charge is 0.496 e. The number of aliphatic hydroxyl groups is 1. The lowest BCUT2D eigenvalue weighted by Crippen LogP contribution is -2.17. The maximum absolute atomic E-state index is 9.56. The van der Waals surface area contributed by atoms with Crippen LogP contribution in [-0.4, -0.2) is 18.3 Å². The topological polar surface area (TPSA) is 29.5 Å². The van der Waals surface area contributed by atoms with Gasteiger partial charge in [-0.1, -0.05) is 6.07 Å². The molecule has 0 amide bonds. The van der Waals surface area contributed by atoms with Crippen molar-refractivity contribution in [3.8, 4) is 5.75 Å². The Morgan fingerprint density at radius 3 is 2.29 bits per heavy atom. The summed E-state index contributed by atoms with van der Waals surface area (Å²) in [6.45, 7) is 4.30. The molecule has 2 heteroatoms. The highest BCUT2D eigenvalue weighted by molar-refractivity contribution is 5.45. The lowest BCUT2D eigenvalue weighted by atomic mass is 9.80. The molecular weight excluding hydrogens is 212 g/mol. The monoisotopic (exact) mass is 234 g/mol. The van der Waals surface area contributed by atoms with Gasteiger partial charge in [-0.3, -0.25) is 0 Å². The van der Waals surface area contributed by atoms with E-state index < -0.39 is 0 Å². The van der Waals surface area contributed by atoms with E-state index in [1.807, 2.05) is 0 Å². The summed E-state index contributed by atoms with van der Waals surface area (Å²) in [6.07, 6.45) is 4.01. The van der Waals surface area contributed by atoms with E-state index in [2.05, 4.69) is 26.0 Å². The number of rotatable bonds is 2. The van der Waals surface area contributed by atoms with Crippen molar-refractivity contribution < 1.29 is 9.84 Å². The Morgan fingerprint density at radius 2 is 1.71 bits per heavy atom. The van der Waals surface area contributed by atoms with Crippen LogP contribution in [0.15, 0.2) is 12.1 Å². The number of hydrogen-bond acceptors (Lipinski definition) is 2. The van der Waals surface area contributed by atoms with Crippen LogP contribution in [0.2, 0.25) is 0 Å². The van der Waals surface area contributed by atoms with Crippen molar-refractivity contribution in [2.24, 2.45) is 0 Å². The van der Waals surface area contributed by atoms with Crippen molar-refractivity contribution in [2.45, 2.75) is 51.6 Å². The summed E-state index contributed by atoms with van der Waals surface area (Å²) in [6, 6.07) is 4.27. The van der Waals surface area contributed by atoms with E-state index in [4.69, 9.17) is 4.74 Å². The fraction of sp³-hybridized carbons (Fsp3) is 0.600. The van der Waals surface area contributed by atoms with Gasteiger partial charge in [0.25, 0.3) is 0 Å². The molecular formula is C15H22O2. The van der Waals surface area contributed by atoms with Crippen LogP contribution in [0, 0.1) is 13.8 Å². The van der Waals surface area contributed by atoms with Gasteiger partial charge in [0.15, 0.2) is 0 Å². The van der Waals surface area contributed by atoms with Gasteiger partial charge in [0.2, 0.25) is 0 Å². The highest BCUT2D eigenvalue weighted by Crippen LogP contribution is 2.37. The zero-order valence-corrected chi connectivity index (χ0v) is 11.0. The first-order valence-electron chi connectivity index (χ1n) is 6.45. The first-order chi connectivity index (χ1) is 8.13. The normalized spacial score (nSPS) is 24.7. The molecule has 94 valence electrons. The third-order valence-corrected chi connectivity index (χ3v) is 4.14. The standard InChI is InChI=1S/C15H22O2/c1-10-11(2)15(17-3)9-8-14(10)12-4-6-13(16)7-5-12/h8-9,12-13,16H,4-7H2,1-3H3. The molecule has 1 saturated carbocycles. The highest BCUT2D eigenvalue weighted by Gasteiger charge is 2.22. The van der Waals surface area contributed by atoms with Crippen LogP contribution in [0.25, 0.3) is 0 Å². The average Bonchev–Trinajstić information content (AvgIpc) is 2.34. The van der Waals surface area contributed by atoms with E-state index in [9.17, 15) is 5.11 Å². The van der Waals surface area contributed by atoms with Gasteiger partial charge in [-0.25, -0.2) is 0 Å². The Kier molecular flexibility index (Phi) is 3.72. The second-order valence-corrected chi connectivity index (χ2v) is 5.11. The molecule has 2 nitrogen and oxygen atoms in total. The molecule has 0 atom stereocenters. The minimum absolute atomic E-state index is 0.0779. The molecule has 0 radical (unpaired) electrons. The molecule has 0 unspecified atom stereocenters. The second kappa shape index (κ2) is 5.09. The molecule has 0 heterocycles. The van der Waals surface area contributed by atoms with Crippen LogP contribution >= 0.6 is 0 Å². The van der Waals surface area contributed by atoms with Gasteiger partial charge in [-0.15, -0.1) is 0 Å². The van der Waals surface area contributed by atoms with Crippen LogP contribution in [0.5, 0.6) is 5.75 Å². The summed E-state index contributed by atoms with van der Waals surface area (Å²) in [5.74, 6) is 1.59. The number of benzene rings is 1. The van der Waals surface area contributed by atoms with Gasteiger partial charge in [0, 0.05) is 0 Å². The Morgan fingerprint density at radius 1 is 1.06 bits per heavy atom. The summed E-state index contributed by atoms with van der Waals surface area (Å²) >= 11 is 0. The van der Waals surface area contributed by atoms with Crippen LogP contribution < -0.4 is 4.74 Å². The van der Waals surface area contributed by atoms with Gasteiger partial charge in [0.05, 0.1) is 13.2 Å². The molecule has 2 rings (SSSR count). The summed E-state index contributed by atoms with van der Waals surface area (Å²) in [5, 5.41) is 9.56. The van der Waals surface area contributed by atoms with Crippen molar-refractivity contribution >= 4 is 0 Å². The van der Waals surface area contributed by atoms with Crippen molar-refractivity contribution in [1.82, 2.24) is 0 Å². The lowest BCUT2D eigenvalue weighted by Gasteiger charge is -2.27. The Balaban J connectivity index is 2.24. The molecule has 1 aromatic carbocycles. The van der Waals surface area contributed by atoms with Gasteiger partial charge < -0.3 is 9.84 Å². The Hall–Kier alpha value is -1.02. The smallest absolute Gasteiger partial charge is 0.122 e. The quantitative estimate of drug-likeness (QED) is 0.850. The summed E-state index contributed by atoms with van der Waals surface area (Å²) < 4.78 is 5.35. The summed E-state index contributed by atoms with van der Waals surface area (Å²) in [4.78, 5) is 0. The van der Waals surface area contributed by atoms with Crippen LogP contribution in [0.1, 0.15) is 48.3 Å². The molecule has 1 aromatic rings. The predicted molar refractivity (Wildman–Crippen MR) is 69.7 cm³/mol. The number of aliphatic hydroxyl groups excluding tert-OH is 1. The maximum atomic E-state index is 9.56. The van der Waals surface area contributed by atoms with E-state index >= 15 is 0 Å². The molecule has 0 aliphatic heterocycles. The van der Waals surface area contributed by atoms with Crippen molar-refractivity contribution in [1.29, 1.82) is 0 Å². The van der Waals surface area contributed by atoms with E-state index in [0.717, 1.165) is 31.4 Å². The van der Waals surface area contributed by atoms with Gasteiger partial charge in [-0.05, 0) is 68.2 Å². The Bertz CT molecular complexity index is 390. The maximum Gasteiger partial charge on any atom is 0.122 e. The van der Waals surface area contributed by atoms with Crippen molar-refractivity contribution in [3.63, 3.8) is 0 Å². The van der Waals surface area contributed by atoms with Crippen molar-refractivity contribution in [2.75, 3.05) is 7.11 Å². The zero-order valence-electron chi connectivity index (χ0n) is 11.0. The fourth-order valence-corrected chi connectivity index (χ4v) is 2.87. The summed E-state index contributed by atoms with van der Waals surface area (Å²) in [5.41, 5.74) is 4.04. The average molecular weight is 234 g/mol. The molecule has 1 aliphatic rings. The highest BCUT2D eigenvalue weighted by atomic mass is 16.5. The molecule has 1 aliphatic carbocycles. The number of ether oxygens (including phenoxy) is 1. The molecule has 17 heavy (non-hydrogen) atoms. The van der Waals surface area contributed by atoms with Crippen LogP contribution in [0.3, 0.4) is 0 Å². The van der Waals surface area contributed by atoms with Gasteiger partial charge >= 0.3 is 0 Å². The van der Waals surface area contributed by atoms with E-state index in [1.165, 1.54) is 16.7 Å². The molecule has 0 saturated heterocycles. The number of methoxy groups -OCH3 is 1. The van der Waals surface area contributed by atoms with Crippen LogP contribution in [-0.2, 0) is 0 Å². The fourth-order valence-electron chi connectivity index (χ4n) is 2.87. The molecule has 0 aromatic heterocycles. The van der Waals surface area contributed by atoms with Crippen LogP contribution in [0.4, 0.5) is 0 Å². The predicted octanol–water partition coefficient (Wildman–Crippen LogP) is 3.33. The SMILES string of the molecule is COc1ccc(C2CCC(O)CC2)c(C)c1C. The lowest BCUT2D eigenvalue weighted by molar-refractivity contribution is 0.122. The second-order valence-electron chi connectivity index (χ2n) is 5.11. The molecule has 0 bridgehead atoms. The molecule has 0 spiro atoms. The first kappa shape index (κ1) is 12.4. The van der Waals surface area contributed by atoms with E-state index in [-0.39, 0.29) is 6.10 Å². The van der Waals surface area contributed by atoms with Gasteiger partial charge in [-0.2, -0.15) is 0 Å². The van der Waals surface area contributed by atoms with Crippen molar-refractivity contribution in [3.05, 3.63) is 28.8 Å². The molecule has 1 N–H and O–H groups in total. The number of hydrogen-bond donors (Lipinski definition) is 1. The van der Waals surface area contributed by atoms with Gasteiger partial charge in [0.1, 0.15) is 5.75 Å². The minimum atomic E-state index is -0.0779. The van der Waals surface area contributed by atoms with E-state index in [0.29, 0.717) is 5.92 Å². The minimum Gasteiger partial charge on any atom is -0.496 e. The summed E-state index contributed by atoms with van der Waals surface area (Å²) in [7, 11) is 1.72. The van der Waals surface area contributed by atoms with E-state index in [1.54, 1.807) is 7.11 Å². The molecule has 1 fully saturated rings. The zero-order chi connectivity index (χ0) is 12.4. The third-order valence-electron chi connectivity index (χ3n) is 4.14. The Labute approximate surface area is 104 Å².